The molecule has 15 aromatic carbocycles. The number of aromatic nitrogens is 2. The molecule has 0 aliphatic carbocycles. The molecule has 16 aromatic rings. The summed E-state index contributed by atoms with van der Waals surface area (Å²) in [5, 5.41) is 9.75. The Morgan fingerprint density at radius 3 is 0.897 bits per heavy atom. The van der Waals surface area contributed by atoms with Crippen molar-refractivity contribution in [1.82, 2.24) is 9.97 Å². The van der Waals surface area contributed by atoms with Crippen LogP contribution in [0.25, 0.3) is 122 Å². The fraction of sp³-hybridized carbons (Fsp3) is 0.157. The third-order valence-electron chi connectivity index (χ3n) is 22.5. The predicted molar refractivity (Wildman–Crippen MR) is 459 cm³/mol. The second-order valence-corrected chi connectivity index (χ2v) is 33.9. The minimum Gasteiger partial charge on any atom is -0.311 e. The smallest absolute Gasteiger partial charge is 0.252 e. The summed E-state index contributed by atoms with van der Waals surface area (Å²) in [4.78, 5) is 17.3. The van der Waals surface area contributed by atoms with E-state index in [1.807, 2.05) is 0 Å². The van der Waals surface area contributed by atoms with Crippen LogP contribution in [0.5, 0.6) is 0 Å². The molecule has 0 amide bonds. The molecule has 0 saturated heterocycles. The third-order valence-corrected chi connectivity index (χ3v) is 22.5. The van der Waals surface area contributed by atoms with Crippen LogP contribution in [-0.2, 0) is 21.7 Å². The quantitative estimate of drug-likeness (QED) is 0.106. The topological polar surface area (TPSA) is 32.3 Å². The van der Waals surface area contributed by atoms with Gasteiger partial charge in [-0.2, -0.15) is 0 Å². The highest BCUT2D eigenvalue weighted by Gasteiger charge is 2.45. The Balaban J connectivity index is 1.02. The van der Waals surface area contributed by atoms with Gasteiger partial charge in [0.05, 0.1) is 11.4 Å². The Hall–Kier alpha value is -11.9. The molecule has 0 N–H and O–H groups in total. The summed E-state index contributed by atoms with van der Waals surface area (Å²) in [6, 6.07) is 117. The number of nitrogens with zero attached hydrogens (tertiary/aromatic N) is 4. The predicted octanol–water partition coefficient (Wildman–Crippen LogP) is 26.0. The van der Waals surface area contributed by atoms with Gasteiger partial charge < -0.3 is 9.80 Å². The molecule has 0 spiro atoms. The Labute approximate surface area is 630 Å². The van der Waals surface area contributed by atoms with E-state index in [4.69, 9.17) is 9.97 Å². The number of benzene rings is 15. The van der Waals surface area contributed by atoms with E-state index in [-0.39, 0.29) is 28.4 Å². The summed E-state index contributed by atoms with van der Waals surface area (Å²) in [6.45, 7) is 28.1. The zero-order valence-electron chi connectivity index (χ0n) is 63.3. The molecule has 0 saturated carbocycles. The lowest BCUT2D eigenvalue weighted by molar-refractivity contribution is 0.568. The molecule has 1 aromatic heterocycles. The Morgan fingerprint density at radius 2 is 0.542 bits per heavy atom. The van der Waals surface area contributed by atoms with E-state index in [9.17, 15) is 0 Å². The first kappa shape index (κ1) is 67.0. The van der Waals surface area contributed by atoms with Crippen LogP contribution >= 0.6 is 0 Å². The Morgan fingerprint density at radius 1 is 0.234 bits per heavy atom. The van der Waals surface area contributed by atoms with E-state index in [0.29, 0.717) is 5.82 Å². The van der Waals surface area contributed by atoms with Crippen LogP contribution in [-0.4, -0.2) is 16.7 Å². The van der Waals surface area contributed by atoms with E-state index < -0.39 is 0 Å². The van der Waals surface area contributed by atoms with Gasteiger partial charge in [0.25, 0.3) is 6.71 Å². The van der Waals surface area contributed by atoms with Crippen molar-refractivity contribution in [3.05, 3.63) is 332 Å². The lowest BCUT2D eigenvalue weighted by Crippen LogP contribution is -2.61. The molecule has 518 valence electrons. The Kier molecular flexibility index (Phi) is 15.9. The van der Waals surface area contributed by atoms with Crippen LogP contribution in [0.15, 0.2) is 309 Å². The van der Waals surface area contributed by atoms with Gasteiger partial charge in [-0.15, -0.1) is 0 Å². The van der Waals surface area contributed by atoms with E-state index >= 15 is 0 Å². The standard InChI is InChI=1S/C102H87BN4/c1-99(2,3)79-55-80(100(4,5)6)58-83(57-79)106-93-61-87-70(43-41-68-37-25-27-39-85(68)87)51-89(93)103-90-52-71-44-42-69-38-26-28-40-86(69)88(71)62-94(90)107(84-59-81(101(7,8)9)56-82(60-84)102(10,11)12)96-54-77(53-95(106)97(96)103)92-63-91(76-47-72(64-29-17-13-18-30-64)45-73(48-76)65-31-19-14-20-32-65)104-98(105-92)78-49-74(66-33-21-15-22-34-66)46-75(50-78)67-35-23-16-24-36-67/h13-63H,1-12H3. The van der Waals surface area contributed by atoms with Crippen molar-refractivity contribution in [2.45, 2.75) is 105 Å². The minimum atomic E-state index is -0.218. The molecule has 3 heterocycles. The van der Waals surface area contributed by atoms with Gasteiger partial charge in [0, 0.05) is 50.8 Å². The molecule has 0 fully saturated rings. The third kappa shape index (κ3) is 12.2. The van der Waals surface area contributed by atoms with Gasteiger partial charge in [-0.05, 0) is 239 Å². The molecular formula is C102H87BN4. The van der Waals surface area contributed by atoms with Crippen molar-refractivity contribution < 1.29 is 0 Å². The maximum Gasteiger partial charge on any atom is 0.252 e. The number of anilines is 6. The van der Waals surface area contributed by atoms with Crippen molar-refractivity contribution in [2.24, 2.45) is 0 Å². The summed E-state index contributed by atoms with van der Waals surface area (Å²) >= 11 is 0. The molecule has 107 heavy (non-hydrogen) atoms. The number of rotatable bonds is 9. The average molecular weight is 1380 g/mol. The first-order valence-electron chi connectivity index (χ1n) is 37.9. The first-order valence-corrected chi connectivity index (χ1v) is 37.9. The lowest BCUT2D eigenvalue weighted by atomic mass is 9.33. The molecule has 4 nitrogen and oxygen atoms in total. The second kappa shape index (κ2) is 25.4. The summed E-state index contributed by atoms with van der Waals surface area (Å²) in [5.74, 6) is 0.629. The average Bonchev–Trinajstić information content (AvgIpc) is 0.686. The fourth-order valence-corrected chi connectivity index (χ4v) is 16.5. The monoisotopic (exact) mass is 1380 g/mol. The Bertz CT molecular complexity index is 5680. The molecule has 5 heteroatoms. The van der Waals surface area contributed by atoms with Gasteiger partial charge in [0.2, 0.25) is 0 Å². The highest BCUT2D eigenvalue weighted by Crippen LogP contribution is 2.51. The van der Waals surface area contributed by atoms with Gasteiger partial charge >= 0.3 is 0 Å². The van der Waals surface area contributed by atoms with Crippen molar-refractivity contribution in [1.29, 1.82) is 0 Å². The van der Waals surface area contributed by atoms with Crippen molar-refractivity contribution >= 4 is 100 Å². The summed E-state index contributed by atoms with van der Waals surface area (Å²) in [5.41, 5.74) is 28.3. The van der Waals surface area contributed by atoms with Gasteiger partial charge in [-0.3, -0.25) is 0 Å². The fourth-order valence-electron chi connectivity index (χ4n) is 16.5. The summed E-state index contributed by atoms with van der Waals surface area (Å²) in [7, 11) is 0. The SMILES string of the molecule is CC(C)(C)c1cc(N2c3cc4c(ccc5ccccc54)cc3B3c4cc5ccc6ccccc6c5cc4N(c4cc(C(C)(C)C)cc(C(C)(C)C)c4)c4cc(-c5cc(-c6cc(-c7ccccc7)cc(-c7ccccc7)c6)nc(-c6cc(-c7ccccc7)cc(-c7ccccc7)c6)n5)cc2c43)cc(C(C)(C)C)c1. The van der Waals surface area contributed by atoms with Gasteiger partial charge in [0.15, 0.2) is 5.82 Å². The molecule has 0 unspecified atom stereocenters. The van der Waals surface area contributed by atoms with Crippen LogP contribution in [0, 0.1) is 0 Å². The normalized spacial score (nSPS) is 13.0. The second-order valence-electron chi connectivity index (χ2n) is 33.9. The van der Waals surface area contributed by atoms with Crippen LogP contribution < -0.4 is 26.2 Å². The molecule has 2 aliphatic heterocycles. The maximum atomic E-state index is 6.06. The number of fused-ring (bicyclic) bond motifs is 10. The van der Waals surface area contributed by atoms with Crippen LogP contribution in [0.2, 0.25) is 0 Å². The van der Waals surface area contributed by atoms with Crippen LogP contribution in [0.4, 0.5) is 34.1 Å². The summed E-state index contributed by atoms with van der Waals surface area (Å²) in [6.07, 6.45) is 0. The molecular weight excluding hydrogens is 1290 g/mol. The highest BCUT2D eigenvalue weighted by molar-refractivity contribution is 7.00. The molecule has 0 radical (unpaired) electrons. The van der Waals surface area contributed by atoms with Crippen molar-refractivity contribution in [2.75, 3.05) is 9.80 Å². The molecule has 0 bridgehead atoms. The zero-order valence-corrected chi connectivity index (χ0v) is 63.3. The van der Waals surface area contributed by atoms with E-state index in [2.05, 4.69) is 402 Å². The van der Waals surface area contributed by atoms with Gasteiger partial charge in [0.1, 0.15) is 0 Å². The van der Waals surface area contributed by atoms with Crippen molar-refractivity contribution in [3.8, 4) is 78.4 Å². The first-order chi connectivity index (χ1) is 51.5. The molecule has 18 rings (SSSR count). The van der Waals surface area contributed by atoms with E-state index in [0.717, 1.165) is 107 Å². The maximum absolute atomic E-state index is 6.06. The number of hydrogen-bond donors (Lipinski definition) is 0. The largest absolute Gasteiger partial charge is 0.311 e. The van der Waals surface area contributed by atoms with Crippen LogP contribution in [0.1, 0.15) is 105 Å². The number of hydrogen-bond acceptors (Lipinski definition) is 4. The van der Waals surface area contributed by atoms with Gasteiger partial charge in [-0.1, -0.05) is 301 Å². The van der Waals surface area contributed by atoms with E-state index in [1.165, 1.54) is 81.7 Å². The lowest BCUT2D eigenvalue weighted by Gasteiger charge is -2.45. The van der Waals surface area contributed by atoms with Gasteiger partial charge in [-0.25, -0.2) is 9.97 Å². The zero-order chi connectivity index (χ0) is 73.4. The van der Waals surface area contributed by atoms with E-state index in [1.54, 1.807) is 0 Å². The highest BCUT2D eigenvalue weighted by atomic mass is 15.2. The minimum absolute atomic E-state index is 0.189. The van der Waals surface area contributed by atoms with Crippen LogP contribution in [0.3, 0.4) is 0 Å². The summed E-state index contributed by atoms with van der Waals surface area (Å²) < 4.78 is 0. The van der Waals surface area contributed by atoms with Crippen molar-refractivity contribution in [3.63, 3.8) is 0 Å². The molecule has 0 atom stereocenters. The molecule has 2 aliphatic rings.